The predicted molar refractivity (Wildman–Crippen MR) is 53.6 cm³/mol. The lowest BCUT2D eigenvalue weighted by atomic mass is 9.90. The van der Waals surface area contributed by atoms with Crippen molar-refractivity contribution < 1.29 is 5.11 Å². The van der Waals surface area contributed by atoms with E-state index >= 15 is 0 Å². The van der Waals surface area contributed by atoms with Crippen LogP contribution >= 0.6 is 0 Å². The third-order valence-electron chi connectivity index (χ3n) is 2.79. The summed E-state index contributed by atoms with van der Waals surface area (Å²) in [5.41, 5.74) is 4.34. The fourth-order valence-corrected chi connectivity index (χ4v) is 2.21. The molecule has 2 rings (SSSR count). The summed E-state index contributed by atoms with van der Waals surface area (Å²) < 4.78 is 0. The molecule has 0 spiro atoms. The normalized spacial score (nSPS) is 18.7. The van der Waals surface area contributed by atoms with E-state index in [9.17, 15) is 0 Å². The van der Waals surface area contributed by atoms with Gasteiger partial charge < -0.3 is 5.11 Å². The second-order valence-electron chi connectivity index (χ2n) is 4.78. The zero-order valence-corrected chi connectivity index (χ0v) is 8.30. The van der Waals surface area contributed by atoms with Crippen LogP contribution in [0.1, 0.15) is 30.5 Å². The van der Waals surface area contributed by atoms with Gasteiger partial charge >= 0.3 is 0 Å². The Kier molecular flexibility index (Phi) is 1.92. The van der Waals surface area contributed by atoms with Crippen molar-refractivity contribution in [3.05, 3.63) is 34.9 Å². The Balaban J connectivity index is 2.36. The van der Waals surface area contributed by atoms with Crippen molar-refractivity contribution in [2.75, 3.05) is 0 Å². The molecule has 0 aliphatic heterocycles. The van der Waals surface area contributed by atoms with Crippen LogP contribution in [0.4, 0.5) is 0 Å². The first-order chi connectivity index (χ1) is 6.11. The second kappa shape index (κ2) is 2.85. The number of aliphatic hydroxyl groups excluding tert-OH is 1. The lowest BCUT2D eigenvalue weighted by Crippen LogP contribution is -2.09. The summed E-state index contributed by atoms with van der Waals surface area (Å²) in [6, 6.07) is 6.33. The molecule has 0 amide bonds. The molecule has 1 aliphatic carbocycles. The molecular formula is C12H16O. The molecule has 1 heteroatoms. The Morgan fingerprint density at radius 1 is 1.23 bits per heavy atom. The second-order valence-corrected chi connectivity index (χ2v) is 4.78. The number of hydrogen-bond acceptors (Lipinski definition) is 1. The summed E-state index contributed by atoms with van der Waals surface area (Å²) in [6.07, 6.45) is 2.32. The van der Waals surface area contributed by atoms with E-state index in [1.807, 2.05) is 6.07 Å². The van der Waals surface area contributed by atoms with Gasteiger partial charge in [0, 0.05) is 0 Å². The number of aliphatic hydroxyl groups is 1. The Morgan fingerprint density at radius 3 is 2.62 bits per heavy atom. The molecule has 0 bridgehead atoms. The van der Waals surface area contributed by atoms with Crippen molar-refractivity contribution >= 4 is 0 Å². The van der Waals surface area contributed by atoms with E-state index in [0.717, 1.165) is 12.0 Å². The van der Waals surface area contributed by atoms with Crippen LogP contribution in [0.25, 0.3) is 0 Å². The summed E-state index contributed by atoms with van der Waals surface area (Å²) in [5, 5.41) is 9.00. The topological polar surface area (TPSA) is 20.2 Å². The van der Waals surface area contributed by atoms with Gasteiger partial charge in [-0.25, -0.2) is 0 Å². The summed E-state index contributed by atoms with van der Waals surface area (Å²) in [5.74, 6) is 0. The first-order valence-electron chi connectivity index (χ1n) is 4.82. The van der Waals surface area contributed by atoms with Gasteiger partial charge in [0.1, 0.15) is 0 Å². The highest BCUT2D eigenvalue weighted by Crippen LogP contribution is 2.36. The summed E-state index contributed by atoms with van der Waals surface area (Å²) in [4.78, 5) is 0. The van der Waals surface area contributed by atoms with Crippen LogP contribution in [-0.4, -0.2) is 5.11 Å². The van der Waals surface area contributed by atoms with E-state index in [4.69, 9.17) is 5.11 Å². The van der Waals surface area contributed by atoms with Gasteiger partial charge in [-0.05, 0) is 34.9 Å². The summed E-state index contributed by atoms with van der Waals surface area (Å²) >= 11 is 0. The first-order valence-corrected chi connectivity index (χ1v) is 4.82. The zero-order chi connectivity index (χ0) is 9.47. The van der Waals surface area contributed by atoms with E-state index in [1.54, 1.807) is 0 Å². The maximum absolute atomic E-state index is 9.00. The minimum Gasteiger partial charge on any atom is -0.392 e. The highest BCUT2D eigenvalue weighted by molar-refractivity contribution is 5.37. The van der Waals surface area contributed by atoms with E-state index in [1.165, 1.54) is 17.5 Å². The molecule has 0 unspecified atom stereocenters. The van der Waals surface area contributed by atoms with Crippen molar-refractivity contribution in [3.63, 3.8) is 0 Å². The van der Waals surface area contributed by atoms with Crippen molar-refractivity contribution in [1.82, 2.24) is 0 Å². The Morgan fingerprint density at radius 2 is 1.92 bits per heavy atom. The van der Waals surface area contributed by atoms with Crippen LogP contribution in [0, 0.1) is 5.41 Å². The molecule has 70 valence electrons. The molecule has 0 saturated carbocycles. The van der Waals surface area contributed by atoms with Crippen molar-refractivity contribution in [2.45, 2.75) is 33.3 Å². The molecule has 1 N–H and O–H groups in total. The number of hydrogen-bond donors (Lipinski definition) is 1. The Bertz CT molecular complexity index is 326. The molecule has 0 radical (unpaired) electrons. The minimum atomic E-state index is 0.160. The van der Waals surface area contributed by atoms with Crippen LogP contribution in [0.5, 0.6) is 0 Å². The van der Waals surface area contributed by atoms with Gasteiger partial charge in [-0.2, -0.15) is 0 Å². The summed E-state index contributed by atoms with van der Waals surface area (Å²) in [7, 11) is 0. The largest absolute Gasteiger partial charge is 0.392 e. The van der Waals surface area contributed by atoms with Crippen LogP contribution in [0.2, 0.25) is 0 Å². The maximum atomic E-state index is 9.00. The quantitative estimate of drug-likeness (QED) is 0.696. The molecule has 0 atom stereocenters. The van der Waals surface area contributed by atoms with E-state index in [2.05, 4.69) is 26.0 Å². The van der Waals surface area contributed by atoms with E-state index in [0.29, 0.717) is 5.41 Å². The molecule has 0 aromatic heterocycles. The number of fused-ring (bicyclic) bond motifs is 1. The molecule has 1 aromatic rings. The number of benzene rings is 1. The Labute approximate surface area is 79.4 Å². The fraction of sp³-hybridized carbons (Fsp3) is 0.500. The van der Waals surface area contributed by atoms with Gasteiger partial charge in [-0.1, -0.05) is 32.0 Å². The van der Waals surface area contributed by atoms with E-state index in [-0.39, 0.29) is 6.61 Å². The standard InChI is InChI=1S/C12H16O/c1-12(2)6-10-4-3-9(8-13)5-11(10)7-12/h3-5,13H,6-8H2,1-2H3. The van der Waals surface area contributed by atoms with Crippen LogP contribution < -0.4 is 0 Å². The van der Waals surface area contributed by atoms with Gasteiger partial charge in [-0.15, -0.1) is 0 Å². The first kappa shape index (κ1) is 8.76. The van der Waals surface area contributed by atoms with Crippen molar-refractivity contribution in [3.8, 4) is 0 Å². The average Bonchev–Trinajstić information content (AvgIpc) is 2.36. The van der Waals surface area contributed by atoms with Gasteiger partial charge in [0.15, 0.2) is 0 Å². The highest BCUT2D eigenvalue weighted by atomic mass is 16.3. The molecule has 0 fully saturated rings. The molecule has 1 nitrogen and oxygen atoms in total. The SMILES string of the molecule is CC1(C)Cc2ccc(CO)cc2C1. The Hall–Kier alpha value is -0.820. The monoisotopic (exact) mass is 176 g/mol. The van der Waals surface area contributed by atoms with Gasteiger partial charge in [-0.3, -0.25) is 0 Å². The smallest absolute Gasteiger partial charge is 0.0681 e. The van der Waals surface area contributed by atoms with Crippen molar-refractivity contribution in [2.24, 2.45) is 5.41 Å². The third kappa shape index (κ3) is 1.61. The fourth-order valence-electron chi connectivity index (χ4n) is 2.21. The minimum absolute atomic E-state index is 0.160. The van der Waals surface area contributed by atoms with Gasteiger partial charge in [0.2, 0.25) is 0 Å². The predicted octanol–water partition coefficient (Wildman–Crippen LogP) is 2.30. The third-order valence-corrected chi connectivity index (χ3v) is 2.79. The molecule has 1 aliphatic rings. The maximum Gasteiger partial charge on any atom is 0.0681 e. The molecule has 13 heavy (non-hydrogen) atoms. The number of rotatable bonds is 1. The van der Waals surface area contributed by atoms with Crippen molar-refractivity contribution in [1.29, 1.82) is 0 Å². The average molecular weight is 176 g/mol. The highest BCUT2D eigenvalue weighted by Gasteiger charge is 2.27. The zero-order valence-electron chi connectivity index (χ0n) is 8.30. The molecule has 0 saturated heterocycles. The lowest BCUT2D eigenvalue weighted by molar-refractivity contribution is 0.281. The van der Waals surface area contributed by atoms with Crippen LogP contribution in [-0.2, 0) is 19.4 Å². The van der Waals surface area contributed by atoms with E-state index < -0.39 is 0 Å². The summed E-state index contributed by atoms with van der Waals surface area (Å²) in [6.45, 7) is 4.75. The molecule has 1 aromatic carbocycles. The van der Waals surface area contributed by atoms with Gasteiger partial charge in [0.05, 0.1) is 6.61 Å². The van der Waals surface area contributed by atoms with Gasteiger partial charge in [0.25, 0.3) is 0 Å². The molecular weight excluding hydrogens is 160 g/mol. The lowest BCUT2D eigenvalue weighted by Gasteiger charge is -2.14. The molecule has 0 heterocycles. The van der Waals surface area contributed by atoms with Crippen LogP contribution in [0.3, 0.4) is 0 Å². The van der Waals surface area contributed by atoms with Crippen LogP contribution in [0.15, 0.2) is 18.2 Å².